The van der Waals surface area contributed by atoms with Gasteiger partial charge >= 0.3 is 0 Å². The molecule has 1 fully saturated rings. The second-order valence-electron chi connectivity index (χ2n) is 1.41. The van der Waals surface area contributed by atoms with Crippen molar-refractivity contribution in [3.8, 4) is 0 Å². The number of nitrogens with one attached hydrogen (secondary N) is 1. The van der Waals surface area contributed by atoms with Crippen LogP contribution in [0.4, 0.5) is 0 Å². The van der Waals surface area contributed by atoms with Crippen LogP contribution in [-0.2, 0) is 9.63 Å². The lowest BCUT2D eigenvalue weighted by Crippen LogP contribution is -2.09. The van der Waals surface area contributed by atoms with E-state index in [1.54, 1.807) is 6.29 Å². The second-order valence-corrected chi connectivity index (χ2v) is 1.41. The van der Waals surface area contributed by atoms with Crippen LogP contribution in [0.2, 0.25) is 0 Å². The summed E-state index contributed by atoms with van der Waals surface area (Å²) < 4.78 is 0. The molecule has 1 unspecified atom stereocenters. The highest BCUT2D eigenvalue weighted by Gasteiger charge is 2.13. The summed E-state index contributed by atoms with van der Waals surface area (Å²) in [4.78, 5) is 14.3. The van der Waals surface area contributed by atoms with Crippen molar-refractivity contribution in [1.29, 1.82) is 0 Å². The number of rotatable bonds is 1. The molecule has 0 aliphatic carbocycles. The summed E-state index contributed by atoms with van der Waals surface area (Å²) in [5.74, 6) is 0. The molecule has 0 aromatic heterocycles. The summed E-state index contributed by atoms with van der Waals surface area (Å²) in [5, 5.41) is 0. The zero-order valence-electron chi connectivity index (χ0n) is 3.81. The molecular formula is C4H6NO2. The SMILES string of the molecule is O=[C]C1CCNO1. The van der Waals surface area contributed by atoms with Crippen molar-refractivity contribution in [2.24, 2.45) is 0 Å². The van der Waals surface area contributed by atoms with E-state index in [2.05, 4.69) is 10.3 Å². The quantitative estimate of drug-likeness (QED) is 0.477. The van der Waals surface area contributed by atoms with E-state index in [4.69, 9.17) is 0 Å². The number of hydroxylamine groups is 1. The molecule has 0 amide bonds. The molecule has 3 nitrogen and oxygen atoms in total. The van der Waals surface area contributed by atoms with Gasteiger partial charge in [0.2, 0.25) is 6.29 Å². The highest BCUT2D eigenvalue weighted by atomic mass is 16.7. The number of hydrogen-bond donors (Lipinski definition) is 1. The molecule has 39 valence electrons. The van der Waals surface area contributed by atoms with Crippen molar-refractivity contribution >= 4 is 6.29 Å². The topological polar surface area (TPSA) is 38.3 Å². The van der Waals surface area contributed by atoms with Crippen molar-refractivity contribution in [1.82, 2.24) is 5.48 Å². The molecule has 1 atom stereocenters. The van der Waals surface area contributed by atoms with Crippen molar-refractivity contribution in [2.45, 2.75) is 12.5 Å². The predicted octanol–water partition coefficient (Wildman–Crippen LogP) is -0.610. The van der Waals surface area contributed by atoms with Crippen LogP contribution in [0.5, 0.6) is 0 Å². The van der Waals surface area contributed by atoms with Gasteiger partial charge in [-0.15, -0.1) is 0 Å². The molecule has 1 saturated heterocycles. The highest BCUT2D eigenvalue weighted by Crippen LogP contribution is 1.97. The van der Waals surface area contributed by atoms with Crippen molar-refractivity contribution < 1.29 is 9.63 Å². The fourth-order valence-corrected chi connectivity index (χ4v) is 0.491. The van der Waals surface area contributed by atoms with E-state index in [0.717, 1.165) is 13.0 Å². The van der Waals surface area contributed by atoms with Crippen molar-refractivity contribution in [3.05, 3.63) is 0 Å². The first kappa shape index (κ1) is 4.74. The molecule has 1 radical (unpaired) electrons. The Bertz CT molecular complexity index is 68.1. The van der Waals surface area contributed by atoms with Gasteiger partial charge in [0.1, 0.15) is 6.10 Å². The Labute approximate surface area is 41.6 Å². The normalized spacial score (nSPS) is 30.6. The monoisotopic (exact) mass is 100 g/mol. The van der Waals surface area contributed by atoms with Crippen LogP contribution in [-0.4, -0.2) is 18.9 Å². The van der Waals surface area contributed by atoms with E-state index in [1.807, 2.05) is 0 Å². The van der Waals surface area contributed by atoms with E-state index in [1.165, 1.54) is 0 Å². The first-order valence-electron chi connectivity index (χ1n) is 2.19. The van der Waals surface area contributed by atoms with Gasteiger partial charge in [-0.1, -0.05) is 0 Å². The number of carbonyl (C=O) groups excluding carboxylic acids is 1. The third kappa shape index (κ3) is 0.976. The maximum atomic E-state index is 9.72. The van der Waals surface area contributed by atoms with E-state index in [9.17, 15) is 4.79 Å². The minimum Gasteiger partial charge on any atom is -0.290 e. The minimum absolute atomic E-state index is 0.319. The Hall–Kier alpha value is -0.410. The molecule has 3 heteroatoms. The summed E-state index contributed by atoms with van der Waals surface area (Å²) >= 11 is 0. The Kier molecular flexibility index (Phi) is 1.38. The van der Waals surface area contributed by atoms with Crippen LogP contribution in [0.25, 0.3) is 0 Å². The Morgan fingerprint density at radius 1 is 1.86 bits per heavy atom. The van der Waals surface area contributed by atoms with Gasteiger partial charge in [0, 0.05) is 6.54 Å². The van der Waals surface area contributed by atoms with Crippen LogP contribution < -0.4 is 5.48 Å². The fourth-order valence-electron chi connectivity index (χ4n) is 0.491. The zero-order valence-corrected chi connectivity index (χ0v) is 3.81. The molecule has 0 bridgehead atoms. The Balaban J connectivity index is 2.26. The lowest BCUT2D eigenvalue weighted by molar-refractivity contribution is 0.0697. The molecule has 0 aromatic carbocycles. The van der Waals surface area contributed by atoms with Crippen molar-refractivity contribution in [2.75, 3.05) is 6.54 Å². The predicted molar refractivity (Wildman–Crippen MR) is 23.2 cm³/mol. The largest absolute Gasteiger partial charge is 0.290 e. The summed E-state index contributed by atoms with van der Waals surface area (Å²) in [7, 11) is 0. The van der Waals surface area contributed by atoms with Gasteiger partial charge in [-0.05, 0) is 6.42 Å². The molecule has 0 saturated carbocycles. The lowest BCUT2D eigenvalue weighted by Gasteiger charge is -1.90. The molecule has 0 spiro atoms. The van der Waals surface area contributed by atoms with Gasteiger partial charge in [0.15, 0.2) is 0 Å². The third-order valence-electron chi connectivity index (χ3n) is 0.866. The molecule has 1 N–H and O–H groups in total. The second kappa shape index (κ2) is 2.04. The van der Waals surface area contributed by atoms with Gasteiger partial charge in [0.25, 0.3) is 0 Å². The van der Waals surface area contributed by atoms with E-state index in [0.29, 0.717) is 0 Å². The van der Waals surface area contributed by atoms with E-state index >= 15 is 0 Å². The minimum atomic E-state index is -0.319. The van der Waals surface area contributed by atoms with Gasteiger partial charge < -0.3 is 0 Å². The molecule has 1 rings (SSSR count). The summed E-state index contributed by atoms with van der Waals surface area (Å²) in [6.07, 6.45) is 2.16. The molecule has 1 heterocycles. The molecular weight excluding hydrogens is 94.0 g/mol. The first-order valence-corrected chi connectivity index (χ1v) is 2.19. The Morgan fingerprint density at radius 2 is 2.71 bits per heavy atom. The van der Waals surface area contributed by atoms with Crippen LogP contribution in [0.3, 0.4) is 0 Å². The van der Waals surface area contributed by atoms with Crippen LogP contribution in [0.15, 0.2) is 0 Å². The van der Waals surface area contributed by atoms with Crippen LogP contribution in [0, 0.1) is 0 Å². The highest BCUT2D eigenvalue weighted by molar-refractivity contribution is 5.57. The zero-order chi connectivity index (χ0) is 5.11. The molecule has 7 heavy (non-hydrogen) atoms. The van der Waals surface area contributed by atoms with E-state index < -0.39 is 0 Å². The molecule has 1 aliphatic heterocycles. The van der Waals surface area contributed by atoms with Crippen LogP contribution in [0.1, 0.15) is 6.42 Å². The van der Waals surface area contributed by atoms with Gasteiger partial charge in [0.05, 0.1) is 0 Å². The Morgan fingerprint density at radius 3 is 3.00 bits per heavy atom. The average molecular weight is 100 g/mol. The summed E-state index contributed by atoms with van der Waals surface area (Å²) in [6.45, 7) is 0.764. The van der Waals surface area contributed by atoms with E-state index in [-0.39, 0.29) is 6.10 Å². The molecule has 0 aromatic rings. The average Bonchev–Trinajstić information content (AvgIpc) is 2.14. The third-order valence-corrected chi connectivity index (χ3v) is 0.866. The smallest absolute Gasteiger partial charge is 0.232 e. The van der Waals surface area contributed by atoms with Gasteiger partial charge in [-0.2, -0.15) is 0 Å². The fraction of sp³-hybridized carbons (Fsp3) is 0.750. The maximum Gasteiger partial charge on any atom is 0.232 e. The maximum absolute atomic E-state index is 9.72. The van der Waals surface area contributed by atoms with Gasteiger partial charge in [-0.25, -0.2) is 5.48 Å². The van der Waals surface area contributed by atoms with Crippen LogP contribution >= 0.6 is 0 Å². The number of hydrogen-bond acceptors (Lipinski definition) is 3. The first-order chi connectivity index (χ1) is 3.43. The van der Waals surface area contributed by atoms with Crippen molar-refractivity contribution in [3.63, 3.8) is 0 Å². The summed E-state index contributed by atoms with van der Waals surface area (Å²) in [5.41, 5.74) is 2.56. The lowest BCUT2D eigenvalue weighted by atomic mass is 10.3. The van der Waals surface area contributed by atoms with Gasteiger partial charge in [-0.3, -0.25) is 9.63 Å². The standard InChI is InChI=1S/C4H6NO2/c6-3-4-1-2-5-7-4/h4-5H,1-2H2. The summed E-state index contributed by atoms with van der Waals surface area (Å²) in [6, 6.07) is 0. The molecule has 1 aliphatic rings.